The van der Waals surface area contributed by atoms with Gasteiger partial charge in [-0.2, -0.15) is 0 Å². The molecule has 0 saturated heterocycles. The van der Waals surface area contributed by atoms with Gasteiger partial charge in [-0.1, -0.05) is 13.8 Å². The van der Waals surface area contributed by atoms with Gasteiger partial charge < -0.3 is 39.6 Å². The fourth-order valence-electron chi connectivity index (χ4n) is 0. The number of aliphatic carboxylic acids is 4. The third-order valence-corrected chi connectivity index (χ3v) is 0.577. The van der Waals surface area contributed by atoms with E-state index in [0.29, 0.717) is 0 Å². The van der Waals surface area contributed by atoms with Crippen LogP contribution in [0.5, 0.6) is 0 Å². The fourth-order valence-corrected chi connectivity index (χ4v) is 0. The standard InChI is InChI=1S/2C3H6O2.2C2H4O2.2Pd/c2*1-2-3(4)5;2*1-2(3)4;;/h2*2H2,1H3,(H,4,5);2*1H3,(H,3,4);;/q;;;;2*+2/p-4. The molecule has 0 bridgehead atoms. The van der Waals surface area contributed by atoms with Crippen LogP contribution in [0.3, 0.4) is 0 Å². The molecule has 0 aromatic heterocycles. The molecule has 0 aromatic carbocycles. The van der Waals surface area contributed by atoms with Gasteiger partial charge in [-0.25, -0.2) is 0 Å². The maximum Gasteiger partial charge on any atom is 2.00 e. The SMILES string of the molecule is CC(=O)[O-].CC(=O)[O-].CCC(=O)[O-].CCC(=O)[O-].[Pd+2].[Pd+2]. The Hall–Kier alpha value is -0.795. The van der Waals surface area contributed by atoms with E-state index < -0.39 is 23.9 Å². The quantitative estimate of drug-likeness (QED) is 0.362. The summed E-state index contributed by atoms with van der Waals surface area (Å²) in [6, 6.07) is 0. The van der Waals surface area contributed by atoms with Crippen molar-refractivity contribution in [3.05, 3.63) is 0 Å². The first kappa shape index (κ1) is 36.5. The van der Waals surface area contributed by atoms with E-state index in [1.165, 1.54) is 13.8 Å². The molecule has 0 fully saturated rings. The van der Waals surface area contributed by atoms with Crippen LogP contribution in [0.2, 0.25) is 0 Å². The van der Waals surface area contributed by atoms with Crippen LogP contribution in [-0.4, -0.2) is 23.9 Å². The van der Waals surface area contributed by atoms with Crippen LogP contribution in [-0.2, 0) is 60.0 Å². The van der Waals surface area contributed by atoms with Gasteiger partial charge in [-0.05, 0) is 26.7 Å². The summed E-state index contributed by atoms with van der Waals surface area (Å²) in [4.78, 5) is 36.3. The summed E-state index contributed by atoms with van der Waals surface area (Å²) in [7, 11) is 0. The fraction of sp³-hybridized carbons (Fsp3) is 0.600. The van der Waals surface area contributed by atoms with E-state index in [-0.39, 0.29) is 53.7 Å². The van der Waals surface area contributed by atoms with Gasteiger partial charge in [0.1, 0.15) is 0 Å². The smallest absolute Gasteiger partial charge is 0.550 e. The van der Waals surface area contributed by atoms with Crippen molar-refractivity contribution < 1.29 is 80.4 Å². The van der Waals surface area contributed by atoms with Crippen LogP contribution in [0.4, 0.5) is 0 Å². The second-order valence-corrected chi connectivity index (χ2v) is 2.43. The number of carbonyl (C=O) groups is 4. The number of hydrogen-bond acceptors (Lipinski definition) is 8. The molecule has 124 valence electrons. The minimum atomic E-state index is -1.08. The van der Waals surface area contributed by atoms with E-state index in [1.54, 1.807) is 0 Å². The van der Waals surface area contributed by atoms with Gasteiger partial charge in [0.05, 0.1) is 0 Å². The minimum Gasteiger partial charge on any atom is -0.550 e. The van der Waals surface area contributed by atoms with Gasteiger partial charge in [0.25, 0.3) is 0 Å². The summed E-state index contributed by atoms with van der Waals surface area (Å²) < 4.78 is 0. The van der Waals surface area contributed by atoms with Gasteiger partial charge in [-0.3, -0.25) is 0 Å². The second-order valence-electron chi connectivity index (χ2n) is 2.43. The first-order chi connectivity index (χ1) is 8.00. The van der Waals surface area contributed by atoms with Crippen molar-refractivity contribution >= 4 is 23.9 Å². The van der Waals surface area contributed by atoms with Gasteiger partial charge in [0.15, 0.2) is 0 Å². The number of carbonyl (C=O) groups excluding carboxylic acids is 4. The Morgan fingerprint density at radius 3 is 0.700 bits per heavy atom. The van der Waals surface area contributed by atoms with Gasteiger partial charge >= 0.3 is 40.8 Å². The van der Waals surface area contributed by atoms with Gasteiger partial charge in [0, 0.05) is 23.9 Å². The Labute approximate surface area is 144 Å². The van der Waals surface area contributed by atoms with E-state index in [1.807, 2.05) is 0 Å². The molecule has 0 radical (unpaired) electrons. The van der Waals surface area contributed by atoms with Gasteiger partial charge in [0.2, 0.25) is 0 Å². The van der Waals surface area contributed by atoms with Crippen LogP contribution in [0.1, 0.15) is 40.5 Å². The maximum atomic E-state index is 9.26. The minimum absolute atomic E-state index is 0. The Morgan fingerprint density at radius 1 is 0.650 bits per heavy atom. The first-order valence-electron chi connectivity index (χ1n) is 4.75. The van der Waals surface area contributed by atoms with E-state index in [4.69, 9.17) is 19.8 Å². The monoisotopic (exact) mass is 476 g/mol. The first-order valence-corrected chi connectivity index (χ1v) is 4.75. The molecular weight excluding hydrogens is 461 g/mol. The molecule has 10 heteroatoms. The van der Waals surface area contributed by atoms with E-state index in [2.05, 4.69) is 0 Å². The Kier molecular flexibility index (Phi) is 56.4. The predicted molar refractivity (Wildman–Crippen MR) is 52.0 cm³/mol. The maximum absolute atomic E-state index is 9.26. The topological polar surface area (TPSA) is 161 Å². The second kappa shape index (κ2) is 30.9. The molecule has 0 amide bonds. The molecule has 0 aromatic rings. The molecule has 0 N–H and O–H groups in total. The molecule has 0 aliphatic rings. The summed E-state index contributed by atoms with van der Waals surface area (Å²) >= 11 is 0. The summed E-state index contributed by atoms with van der Waals surface area (Å²) in [5.41, 5.74) is 0. The molecule has 0 saturated carbocycles. The zero-order valence-electron chi connectivity index (χ0n) is 11.3. The molecule has 8 nitrogen and oxygen atoms in total. The largest absolute Gasteiger partial charge is 2.00 e. The average Bonchev–Trinajstić information content (AvgIpc) is 2.16. The zero-order valence-corrected chi connectivity index (χ0v) is 14.4. The van der Waals surface area contributed by atoms with Crippen LogP contribution < -0.4 is 20.4 Å². The van der Waals surface area contributed by atoms with Crippen molar-refractivity contribution in [1.29, 1.82) is 0 Å². The molecule has 0 heterocycles. The molecule has 0 aliphatic heterocycles. The average molecular weight is 477 g/mol. The summed E-state index contributed by atoms with van der Waals surface area (Å²) in [6.45, 7) is 5.02. The van der Waals surface area contributed by atoms with Gasteiger partial charge in [-0.15, -0.1) is 0 Å². The Balaban J connectivity index is -0.0000000318. The van der Waals surface area contributed by atoms with Crippen molar-refractivity contribution in [2.75, 3.05) is 0 Å². The van der Waals surface area contributed by atoms with Crippen molar-refractivity contribution in [1.82, 2.24) is 0 Å². The van der Waals surface area contributed by atoms with Crippen LogP contribution >= 0.6 is 0 Å². The van der Waals surface area contributed by atoms with E-state index in [9.17, 15) is 19.8 Å². The number of rotatable bonds is 2. The normalized spacial score (nSPS) is 6.20. The predicted octanol–water partition coefficient (Wildman–Crippen LogP) is -4.20. The molecule has 0 unspecified atom stereocenters. The van der Waals surface area contributed by atoms with E-state index >= 15 is 0 Å². The molecule has 0 atom stereocenters. The van der Waals surface area contributed by atoms with Crippen molar-refractivity contribution in [3.63, 3.8) is 0 Å². The zero-order chi connectivity index (χ0) is 15.7. The molecule has 0 rings (SSSR count). The Bertz CT molecular complexity index is 222. The summed E-state index contributed by atoms with van der Waals surface area (Å²) in [5, 5.41) is 36.3. The van der Waals surface area contributed by atoms with Crippen molar-refractivity contribution in [2.24, 2.45) is 0 Å². The van der Waals surface area contributed by atoms with Crippen LogP contribution in [0, 0.1) is 0 Å². The summed E-state index contributed by atoms with van der Waals surface area (Å²) in [6.07, 6.45) is 0.222. The number of carboxylic acids is 4. The van der Waals surface area contributed by atoms with Crippen molar-refractivity contribution in [2.45, 2.75) is 40.5 Å². The molecule has 0 aliphatic carbocycles. The Morgan fingerprint density at radius 2 is 0.700 bits per heavy atom. The van der Waals surface area contributed by atoms with Crippen molar-refractivity contribution in [3.8, 4) is 0 Å². The molecular formula is C10H16O8Pd2. The molecule has 20 heavy (non-hydrogen) atoms. The van der Waals surface area contributed by atoms with E-state index in [0.717, 1.165) is 13.8 Å². The third-order valence-electron chi connectivity index (χ3n) is 0.577. The third kappa shape index (κ3) is 440. The summed E-state index contributed by atoms with van der Waals surface area (Å²) in [5.74, 6) is -4.16. The van der Waals surface area contributed by atoms with Crippen LogP contribution in [0.15, 0.2) is 0 Å². The van der Waals surface area contributed by atoms with Crippen LogP contribution in [0.25, 0.3) is 0 Å². The number of carboxylic acid groups (broad SMARTS) is 4. The number of hydrogen-bond donors (Lipinski definition) is 0. The molecule has 0 spiro atoms.